The van der Waals surface area contributed by atoms with E-state index >= 15 is 0 Å². The molecule has 2 N–H and O–H groups in total. The predicted molar refractivity (Wildman–Crippen MR) is 92.5 cm³/mol. The van der Waals surface area contributed by atoms with E-state index in [-0.39, 0.29) is 17.2 Å². The molecule has 2 nitrogen and oxygen atoms in total. The molecule has 1 aromatic rings. The summed E-state index contributed by atoms with van der Waals surface area (Å²) in [5.74, 6) is 1.39. The molecule has 0 radical (unpaired) electrons. The number of aromatic hydroxyl groups is 1. The third-order valence-electron chi connectivity index (χ3n) is 7.17. The van der Waals surface area contributed by atoms with E-state index in [1.54, 1.807) is 6.07 Å². The molecule has 0 heterocycles. The maximum absolute atomic E-state index is 13.6. The molecule has 0 amide bonds. The Balaban J connectivity index is 1.71. The fourth-order valence-corrected chi connectivity index (χ4v) is 6.35. The summed E-state index contributed by atoms with van der Waals surface area (Å²) in [4.78, 5) is 0. The van der Waals surface area contributed by atoms with E-state index in [1.165, 1.54) is 11.1 Å². The number of halogens is 1. The van der Waals surface area contributed by atoms with Crippen LogP contribution in [0.2, 0.25) is 0 Å². The fourth-order valence-electron chi connectivity index (χ4n) is 6.35. The van der Waals surface area contributed by atoms with Crippen LogP contribution in [0.25, 0.3) is 0 Å². The minimum atomic E-state index is -0.410. The molecule has 2 saturated carbocycles. The van der Waals surface area contributed by atoms with Crippen molar-refractivity contribution < 1.29 is 14.6 Å². The first-order valence-corrected chi connectivity index (χ1v) is 9.22. The van der Waals surface area contributed by atoms with Crippen LogP contribution in [-0.4, -0.2) is 16.3 Å². The normalized spacial score (nSPS) is 40.5. The molecule has 3 aliphatic carbocycles. The number of aliphatic hydroxyl groups is 1. The average molecular weight is 330 g/mol. The standard InChI is InChI=1S/C21H27FO2/c1-12(22)9-18-19(24)11-21(2)8-7-16-15-6-4-14(23)10-13(15)3-5-17(16)20(18)21/h4,6,10,16-20,23-24H,1,3,5,7-9,11H2,2H3/t16-,17-,18-,19+,20-,21-/m1/s1. The van der Waals surface area contributed by atoms with E-state index in [0.717, 1.165) is 32.1 Å². The highest BCUT2D eigenvalue weighted by molar-refractivity contribution is 5.40. The number of rotatable bonds is 2. The Hall–Kier alpha value is -1.35. The highest BCUT2D eigenvalue weighted by Crippen LogP contribution is 2.63. The van der Waals surface area contributed by atoms with Gasteiger partial charge in [0.05, 0.1) is 11.9 Å². The predicted octanol–water partition coefficient (Wildman–Crippen LogP) is 4.71. The van der Waals surface area contributed by atoms with Gasteiger partial charge < -0.3 is 10.2 Å². The van der Waals surface area contributed by atoms with Crippen molar-refractivity contribution >= 4 is 0 Å². The SMILES string of the molecule is C=C(F)C[C@H]1[C@H]2[C@@H]3CCc4cc(O)ccc4[C@H]3CC[C@]2(C)C[C@@H]1O. The van der Waals surface area contributed by atoms with Crippen molar-refractivity contribution in [3.63, 3.8) is 0 Å². The summed E-state index contributed by atoms with van der Waals surface area (Å²) in [6.07, 6.45) is 4.94. The lowest BCUT2D eigenvalue weighted by atomic mass is 9.54. The van der Waals surface area contributed by atoms with Gasteiger partial charge in [-0.05, 0) is 84.5 Å². The molecule has 0 unspecified atom stereocenters. The van der Waals surface area contributed by atoms with E-state index in [9.17, 15) is 14.6 Å². The molecule has 0 spiro atoms. The second kappa shape index (κ2) is 5.59. The average Bonchev–Trinajstić information content (AvgIpc) is 2.76. The zero-order chi connectivity index (χ0) is 17.1. The van der Waals surface area contributed by atoms with Crippen LogP contribution < -0.4 is 0 Å². The smallest absolute Gasteiger partial charge is 0.115 e. The van der Waals surface area contributed by atoms with Gasteiger partial charge in [-0.2, -0.15) is 0 Å². The molecular formula is C21H27FO2. The molecule has 0 bridgehead atoms. The Morgan fingerprint density at radius 1 is 1.38 bits per heavy atom. The van der Waals surface area contributed by atoms with Crippen LogP contribution in [0.4, 0.5) is 4.39 Å². The third kappa shape index (κ3) is 2.40. The number of fused-ring (bicyclic) bond motifs is 5. The van der Waals surface area contributed by atoms with Crippen LogP contribution in [0.1, 0.15) is 56.1 Å². The van der Waals surface area contributed by atoms with Crippen molar-refractivity contribution in [3.05, 3.63) is 41.7 Å². The molecule has 2 fully saturated rings. The molecule has 4 rings (SSSR count). The molecule has 24 heavy (non-hydrogen) atoms. The number of benzene rings is 1. The molecule has 0 saturated heterocycles. The summed E-state index contributed by atoms with van der Waals surface area (Å²) in [7, 11) is 0. The van der Waals surface area contributed by atoms with Crippen molar-refractivity contribution in [2.75, 3.05) is 0 Å². The van der Waals surface area contributed by atoms with Crippen molar-refractivity contribution in [3.8, 4) is 5.75 Å². The van der Waals surface area contributed by atoms with Crippen molar-refractivity contribution in [1.29, 1.82) is 0 Å². The van der Waals surface area contributed by atoms with Gasteiger partial charge >= 0.3 is 0 Å². The topological polar surface area (TPSA) is 40.5 Å². The minimum Gasteiger partial charge on any atom is -0.508 e. The zero-order valence-electron chi connectivity index (χ0n) is 14.3. The summed E-state index contributed by atoms with van der Waals surface area (Å²) in [5, 5.41) is 20.4. The first-order valence-electron chi connectivity index (χ1n) is 9.22. The number of allylic oxidation sites excluding steroid dienone is 1. The van der Waals surface area contributed by atoms with E-state index < -0.39 is 6.10 Å². The fraction of sp³-hybridized carbons (Fsp3) is 0.619. The Bertz CT molecular complexity index is 670. The van der Waals surface area contributed by atoms with Gasteiger partial charge in [-0.25, -0.2) is 4.39 Å². The van der Waals surface area contributed by atoms with E-state index in [1.807, 2.05) is 6.07 Å². The van der Waals surface area contributed by atoms with E-state index in [2.05, 4.69) is 19.6 Å². The van der Waals surface area contributed by atoms with E-state index in [4.69, 9.17) is 0 Å². The van der Waals surface area contributed by atoms with Gasteiger partial charge in [-0.15, -0.1) is 0 Å². The highest BCUT2D eigenvalue weighted by Gasteiger charge is 2.57. The number of aliphatic hydroxyl groups excluding tert-OH is 1. The van der Waals surface area contributed by atoms with Crippen LogP contribution >= 0.6 is 0 Å². The first kappa shape index (κ1) is 16.1. The summed E-state index contributed by atoms with van der Waals surface area (Å²) in [5.41, 5.74) is 2.75. The quantitative estimate of drug-likeness (QED) is 0.824. The molecule has 1 aromatic carbocycles. The molecule has 130 valence electrons. The minimum absolute atomic E-state index is 0.000958. The molecule has 6 atom stereocenters. The highest BCUT2D eigenvalue weighted by atomic mass is 19.1. The molecule has 0 aliphatic heterocycles. The molecule has 0 aromatic heterocycles. The van der Waals surface area contributed by atoms with E-state index in [0.29, 0.717) is 29.9 Å². The number of phenolic OH excluding ortho intramolecular Hbond substituents is 1. The van der Waals surface area contributed by atoms with Crippen LogP contribution in [0, 0.1) is 23.2 Å². The number of hydrogen-bond donors (Lipinski definition) is 2. The van der Waals surface area contributed by atoms with Gasteiger partial charge in [0.1, 0.15) is 5.75 Å². The lowest BCUT2D eigenvalue weighted by Gasteiger charge is -2.50. The second-order valence-electron chi connectivity index (χ2n) is 8.57. The summed E-state index contributed by atoms with van der Waals surface area (Å²) >= 11 is 0. The lowest BCUT2D eigenvalue weighted by Crippen LogP contribution is -2.42. The third-order valence-corrected chi connectivity index (χ3v) is 7.17. The monoisotopic (exact) mass is 330 g/mol. The van der Waals surface area contributed by atoms with Crippen molar-refractivity contribution in [2.24, 2.45) is 23.2 Å². The Labute approximate surface area is 143 Å². The Morgan fingerprint density at radius 2 is 2.17 bits per heavy atom. The maximum atomic E-state index is 13.6. The lowest BCUT2D eigenvalue weighted by molar-refractivity contribution is 0.0278. The van der Waals surface area contributed by atoms with Crippen LogP contribution in [0.5, 0.6) is 5.75 Å². The first-order chi connectivity index (χ1) is 11.4. The molecule has 3 heteroatoms. The van der Waals surface area contributed by atoms with Gasteiger partial charge in [0.2, 0.25) is 0 Å². The van der Waals surface area contributed by atoms with Crippen molar-refractivity contribution in [1.82, 2.24) is 0 Å². The van der Waals surface area contributed by atoms with Gasteiger partial charge in [0.25, 0.3) is 0 Å². The second-order valence-corrected chi connectivity index (χ2v) is 8.57. The Kier molecular flexibility index (Phi) is 3.76. The van der Waals surface area contributed by atoms with Gasteiger partial charge in [-0.1, -0.05) is 19.6 Å². The van der Waals surface area contributed by atoms with Gasteiger partial charge in [-0.3, -0.25) is 0 Å². The Morgan fingerprint density at radius 3 is 2.92 bits per heavy atom. The summed E-state index contributed by atoms with van der Waals surface area (Å²) in [6.45, 7) is 5.75. The zero-order valence-corrected chi connectivity index (χ0v) is 14.3. The molecular weight excluding hydrogens is 303 g/mol. The molecule has 3 aliphatic rings. The number of hydrogen-bond acceptors (Lipinski definition) is 2. The van der Waals surface area contributed by atoms with Crippen molar-refractivity contribution in [2.45, 2.75) is 57.5 Å². The van der Waals surface area contributed by atoms with Crippen LogP contribution in [0.15, 0.2) is 30.6 Å². The van der Waals surface area contributed by atoms with Crippen LogP contribution in [0.3, 0.4) is 0 Å². The number of phenols is 1. The number of aryl methyl sites for hydroxylation is 1. The largest absolute Gasteiger partial charge is 0.508 e. The van der Waals surface area contributed by atoms with Crippen LogP contribution in [-0.2, 0) is 6.42 Å². The maximum Gasteiger partial charge on any atom is 0.115 e. The summed E-state index contributed by atoms with van der Waals surface area (Å²) in [6, 6.07) is 5.78. The van der Waals surface area contributed by atoms with Gasteiger partial charge in [0, 0.05) is 6.42 Å². The van der Waals surface area contributed by atoms with Gasteiger partial charge in [0.15, 0.2) is 0 Å². The summed E-state index contributed by atoms with van der Waals surface area (Å²) < 4.78 is 13.6.